The van der Waals surface area contributed by atoms with Crippen molar-refractivity contribution in [1.29, 1.82) is 5.26 Å². The number of nitro groups is 1. The molecule has 0 aliphatic heterocycles. The second kappa shape index (κ2) is 6.71. The topological polar surface area (TPSA) is 99.2 Å². The summed E-state index contributed by atoms with van der Waals surface area (Å²) < 4.78 is 0. The van der Waals surface area contributed by atoms with Gasteiger partial charge in [-0.2, -0.15) is 5.26 Å². The first kappa shape index (κ1) is 14.9. The van der Waals surface area contributed by atoms with Gasteiger partial charge in [0.2, 0.25) is 0 Å². The highest BCUT2D eigenvalue weighted by Gasteiger charge is 2.16. The lowest BCUT2D eigenvalue weighted by Gasteiger charge is -2.22. The third kappa shape index (κ3) is 3.93. The van der Waals surface area contributed by atoms with Crippen molar-refractivity contribution < 1.29 is 10.0 Å². The SMILES string of the molecule is CC(C)C(CCO)Nc1ccc([N+](=O)[O-])c(C#N)c1. The van der Waals surface area contributed by atoms with Crippen molar-refractivity contribution in [1.82, 2.24) is 0 Å². The van der Waals surface area contributed by atoms with E-state index in [1.165, 1.54) is 12.1 Å². The van der Waals surface area contributed by atoms with Crippen molar-refractivity contribution in [3.05, 3.63) is 33.9 Å². The summed E-state index contributed by atoms with van der Waals surface area (Å²) in [5, 5.41) is 31.8. The van der Waals surface area contributed by atoms with E-state index in [0.29, 0.717) is 18.0 Å². The van der Waals surface area contributed by atoms with Gasteiger partial charge in [-0.1, -0.05) is 13.8 Å². The predicted molar refractivity (Wildman–Crippen MR) is 71.8 cm³/mol. The highest BCUT2D eigenvalue weighted by atomic mass is 16.6. The van der Waals surface area contributed by atoms with Crippen LogP contribution in [-0.2, 0) is 0 Å². The van der Waals surface area contributed by atoms with Gasteiger partial charge in [0.1, 0.15) is 11.6 Å². The van der Waals surface area contributed by atoms with E-state index in [9.17, 15) is 10.1 Å². The molecule has 0 saturated heterocycles. The van der Waals surface area contributed by atoms with Crippen LogP contribution >= 0.6 is 0 Å². The maximum Gasteiger partial charge on any atom is 0.287 e. The first-order valence-electron chi connectivity index (χ1n) is 6.05. The van der Waals surface area contributed by atoms with Gasteiger partial charge in [0.05, 0.1) is 4.92 Å². The molecule has 1 aromatic rings. The number of nitro benzene ring substituents is 1. The molecule has 0 spiro atoms. The minimum Gasteiger partial charge on any atom is -0.396 e. The van der Waals surface area contributed by atoms with Crippen molar-refractivity contribution in [3.8, 4) is 6.07 Å². The van der Waals surface area contributed by atoms with E-state index < -0.39 is 4.92 Å². The van der Waals surface area contributed by atoms with E-state index in [1.807, 2.05) is 19.9 Å². The molecule has 0 bridgehead atoms. The normalized spacial score (nSPS) is 11.9. The Morgan fingerprint density at radius 3 is 2.68 bits per heavy atom. The van der Waals surface area contributed by atoms with E-state index >= 15 is 0 Å². The van der Waals surface area contributed by atoms with E-state index in [-0.39, 0.29) is 23.9 Å². The number of anilines is 1. The number of aliphatic hydroxyl groups is 1. The molecule has 0 radical (unpaired) electrons. The summed E-state index contributed by atoms with van der Waals surface area (Å²) in [6.07, 6.45) is 0.580. The van der Waals surface area contributed by atoms with Crippen LogP contribution in [-0.4, -0.2) is 22.7 Å². The molecule has 1 unspecified atom stereocenters. The molecule has 1 atom stereocenters. The van der Waals surface area contributed by atoms with Crippen molar-refractivity contribution in [2.75, 3.05) is 11.9 Å². The molecule has 0 aliphatic rings. The summed E-state index contributed by atoms with van der Waals surface area (Å²) in [6, 6.07) is 6.23. The molecule has 0 saturated carbocycles. The zero-order chi connectivity index (χ0) is 14.4. The van der Waals surface area contributed by atoms with Crippen molar-refractivity contribution in [2.24, 2.45) is 5.92 Å². The maximum atomic E-state index is 10.7. The summed E-state index contributed by atoms with van der Waals surface area (Å²) in [6.45, 7) is 4.10. The molecule has 19 heavy (non-hydrogen) atoms. The molecule has 0 aromatic heterocycles. The first-order chi connectivity index (χ1) is 8.99. The number of nitrogens with zero attached hydrogens (tertiary/aromatic N) is 2. The van der Waals surface area contributed by atoms with Crippen molar-refractivity contribution in [2.45, 2.75) is 26.3 Å². The first-order valence-corrected chi connectivity index (χ1v) is 6.05. The van der Waals surface area contributed by atoms with Crippen LogP contribution in [0.4, 0.5) is 11.4 Å². The summed E-state index contributed by atoms with van der Waals surface area (Å²) in [7, 11) is 0. The Balaban J connectivity index is 2.97. The molecule has 0 heterocycles. The Bertz CT molecular complexity index is 494. The second-order valence-electron chi connectivity index (χ2n) is 4.61. The minimum atomic E-state index is -0.573. The van der Waals surface area contributed by atoms with Crippen LogP contribution in [0.3, 0.4) is 0 Å². The second-order valence-corrected chi connectivity index (χ2v) is 4.61. The molecular formula is C13H17N3O3. The van der Waals surface area contributed by atoms with E-state index in [0.717, 1.165) is 0 Å². The third-order valence-electron chi connectivity index (χ3n) is 2.91. The molecule has 102 valence electrons. The third-order valence-corrected chi connectivity index (χ3v) is 2.91. The molecule has 0 fully saturated rings. The summed E-state index contributed by atoms with van der Waals surface area (Å²) in [5.41, 5.74) is 0.479. The Kier molecular flexibility index (Phi) is 5.27. The van der Waals surface area contributed by atoms with Gasteiger partial charge in [-0.3, -0.25) is 10.1 Å². The Labute approximate surface area is 111 Å². The van der Waals surface area contributed by atoms with E-state index in [1.54, 1.807) is 6.07 Å². The van der Waals surface area contributed by atoms with Crippen LogP contribution in [0, 0.1) is 27.4 Å². The fourth-order valence-corrected chi connectivity index (χ4v) is 1.80. The Morgan fingerprint density at radius 2 is 2.21 bits per heavy atom. The highest BCUT2D eigenvalue weighted by molar-refractivity contribution is 5.59. The Hall–Kier alpha value is -2.13. The Morgan fingerprint density at radius 1 is 1.53 bits per heavy atom. The average Bonchev–Trinajstić information content (AvgIpc) is 2.37. The number of nitriles is 1. The largest absolute Gasteiger partial charge is 0.396 e. The molecule has 6 heteroatoms. The van der Waals surface area contributed by atoms with Gasteiger partial charge in [-0.05, 0) is 24.5 Å². The summed E-state index contributed by atoms with van der Waals surface area (Å²) in [5.74, 6) is 0.299. The van der Waals surface area contributed by atoms with Crippen LogP contribution in [0.15, 0.2) is 18.2 Å². The van der Waals surface area contributed by atoms with Gasteiger partial charge >= 0.3 is 0 Å². The lowest BCUT2D eigenvalue weighted by molar-refractivity contribution is -0.385. The van der Waals surface area contributed by atoms with Gasteiger partial charge in [0.15, 0.2) is 0 Å². The van der Waals surface area contributed by atoms with Crippen LogP contribution in [0.25, 0.3) is 0 Å². The summed E-state index contributed by atoms with van der Waals surface area (Å²) in [4.78, 5) is 10.2. The van der Waals surface area contributed by atoms with Gasteiger partial charge in [0, 0.05) is 24.4 Å². The van der Waals surface area contributed by atoms with Crippen molar-refractivity contribution >= 4 is 11.4 Å². The monoisotopic (exact) mass is 263 g/mol. The van der Waals surface area contributed by atoms with Crippen LogP contribution < -0.4 is 5.32 Å². The smallest absolute Gasteiger partial charge is 0.287 e. The highest BCUT2D eigenvalue weighted by Crippen LogP contribution is 2.23. The fraction of sp³-hybridized carbons (Fsp3) is 0.462. The van der Waals surface area contributed by atoms with Gasteiger partial charge < -0.3 is 10.4 Å². The zero-order valence-corrected chi connectivity index (χ0v) is 11.0. The molecule has 0 aliphatic carbocycles. The molecule has 6 nitrogen and oxygen atoms in total. The number of aliphatic hydroxyl groups excluding tert-OH is 1. The van der Waals surface area contributed by atoms with Crippen LogP contribution in [0.1, 0.15) is 25.8 Å². The lowest BCUT2D eigenvalue weighted by Crippen LogP contribution is -2.26. The molecular weight excluding hydrogens is 246 g/mol. The molecule has 0 amide bonds. The van der Waals surface area contributed by atoms with Crippen molar-refractivity contribution in [3.63, 3.8) is 0 Å². The predicted octanol–water partition coefficient (Wildman–Crippen LogP) is 2.29. The van der Waals surface area contributed by atoms with Gasteiger partial charge in [-0.15, -0.1) is 0 Å². The minimum absolute atomic E-state index is 0.0292. The number of hydrogen-bond donors (Lipinski definition) is 2. The molecule has 2 N–H and O–H groups in total. The van der Waals surface area contributed by atoms with Crippen LogP contribution in [0.5, 0.6) is 0 Å². The molecule has 1 aromatic carbocycles. The van der Waals surface area contributed by atoms with E-state index in [2.05, 4.69) is 5.32 Å². The summed E-state index contributed by atoms with van der Waals surface area (Å²) >= 11 is 0. The quantitative estimate of drug-likeness (QED) is 0.606. The van der Waals surface area contributed by atoms with Gasteiger partial charge in [0.25, 0.3) is 5.69 Å². The zero-order valence-electron chi connectivity index (χ0n) is 11.0. The average molecular weight is 263 g/mol. The van der Waals surface area contributed by atoms with E-state index in [4.69, 9.17) is 10.4 Å². The lowest BCUT2D eigenvalue weighted by atomic mass is 10.0. The number of benzene rings is 1. The standard InChI is InChI=1S/C13H17N3O3/c1-9(2)12(5-6-17)15-11-3-4-13(16(18)19)10(7-11)8-14/h3-4,7,9,12,15,17H,5-6H2,1-2H3. The fourth-order valence-electron chi connectivity index (χ4n) is 1.80. The van der Waals surface area contributed by atoms with Crippen LogP contribution in [0.2, 0.25) is 0 Å². The van der Waals surface area contributed by atoms with Gasteiger partial charge in [-0.25, -0.2) is 0 Å². The number of rotatable bonds is 6. The maximum absolute atomic E-state index is 10.7. The molecule has 1 rings (SSSR count). The number of nitrogens with one attached hydrogen (secondary N) is 1. The number of hydrogen-bond acceptors (Lipinski definition) is 5.